The van der Waals surface area contributed by atoms with Gasteiger partial charge >= 0.3 is 5.97 Å². The third-order valence-corrected chi connectivity index (χ3v) is 4.07. The van der Waals surface area contributed by atoms with Crippen molar-refractivity contribution in [2.75, 3.05) is 6.61 Å². The Hall–Kier alpha value is -1.04. The fraction of sp³-hybridized carbons (Fsp3) is 0.882. The molecule has 3 nitrogen and oxygen atoms in total. The predicted octanol–water partition coefficient (Wildman–Crippen LogP) is 4.86. The molecule has 0 spiro atoms. The summed E-state index contributed by atoms with van der Waals surface area (Å²) >= 11 is 0. The van der Waals surface area contributed by atoms with E-state index in [1.165, 1.54) is 0 Å². The van der Waals surface area contributed by atoms with Crippen LogP contribution in [-0.2, 0) is 9.53 Å². The summed E-state index contributed by atoms with van der Waals surface area (Å²) in [7, 11) is 0. The SMILES string of the molecule is CCCCC(CCC)(CCCC)C(C#N)C(=O)OCC. The molecule has 0 saturated carbocycles. The predicted molar refractivity (Wildman–Crippen MR) is 82.1 cm³/mol. The average molecular weight is 281 g/mol. The van der Waals surface area contributed by atoms with Gasteiger partial charge in [-0.2, -0.15) is 5.26 Å². The topological polar surface area (TPSA) is 50.1 Å². The molecular weight excluding hydrogens is 250 g/mol. The number of ether oxygens (including phenoxy) is 1. The Kier molecular flexibility index (Phi) is 10.2. The van der Waals surface area contributed by atoms with Crippen LogP contribution in [-0.4, -0.2) is 12.6 Å². The lowest BCUT2D eigenvalue weighted by molar-refractivity contribution is -0.151. The van der Waals surface area contributed by atoms with E-state index in [9.17, 15) is 10.1 Å². The van der Waals surface area contributed by atoms with Crippen LogP contribution in [0.4, 0.5) is 0 Å². The molecule has 1 atom stereocenters. The van der Waals surface area contributed by atoms with Crippen molar-refractivity contribution in [3.05, 3.63) is 0 Å². The number of esters is 1. The van der Waals surface area contributed by atoms with Crippen molar-refractivity contribution in [2.24, 2.45) is 11.3 Å². The van der Waals surface area contributed by atoms with Gasteiger partial charge in [0.2, 0.25) is 0 Å². The van der Waals surface area contributed by atoms with E-state index in [0.29, 0.717) is 6.61 Å². The van der Waals surface area contributed by atoms with E-state index in [0.717, 1.165) is 51.4 Å². The van der Waals surface area contributed by atoms with E-state index < -0.39 is 5.92 Å². The molecule has 0 heterocycles. The van der Waals surface area contributed by atoms with Gasteiger partial charge in [-0.25, -0.2) is 0 Å². The highest BCUT2D eigenvalue weighted by atomic mass is 16.5. The van der Waals surface area contributed by atoms with Crippen LogP contribution in [0.3, 0.4) is 0 Å². The summed E-state index contributed by atoms with van der Waals surface area (Å²) in [5, 5.41) is 9.53. The van der Waals surface area contributed by atoms with E-state index in [2.05, 4.69) is 26.8 Å². The Labute approximate surface area is 124 Å². The van der Waals surface area contributed by atoms with Gasteiger partial charge in [0.05, 0.1) is 12.7 Å². The standard InChI is InChI=1S/C17H31NO2/c1-5-9-12-17(11-7-3,13-10-6-2)15(14-18)16(19)20-8-4/h15H,5-13H2,1-4H3. The maximum atomic E-state index is 12.2. The van der Waals surface area contributed by atoms with Crippen LogP contribution >= 0.6 is 0 Å². The van der Waals surface area contributed by atoms with Gasteiger partial charge in [0.1, 0.15) is 5.92 Å². The molecule has 0 amide bonds. The highest BCUT2D eigenvalue weighted by Crippen LogP contribution is 2.43. The second-order valence-electron chi connectivity index (χ2n) is 5.63. The van der Waals surface area contributed by atoms with Crippen LogP contribution in [0, 0.1) is 22.7 Å². The summed E-state index contributed by atoms with van der Waals surface area (Å²) in [6.07, 6.45) is 8.18. The number of carbonyl (C=O) groups excluding carboxylic acids is 1. The first kappa shape index (κ1) is 19.0. The Balaban J connectivity index is 5.27. The summed E-state index contributed by atoms with van der Waals surface area (Å²) in [6, 6.07) is 2.26. The van der Waals surface area contributed by atoms with Gasteiger partial charge in [0, 0.05) is 0 Å². The zero-order valence-electron chi connectivity index (χ0n) is 13.7. The first-order valence-corrected chi connectivity index (χ1v) is 8.18. The molecule has 20 heavy (non-hydrogen) atoms. The minimum Gasteiger partial charge on any atom is -0.465 e. The summed E-state index contributed by atoms with van der Waals surface area (Å²) in [5.41, 5.74) is -0.193. The highest BCUT2D eigenvalue weighted by molar-refractivity contribution is 5.76. The molecule has 1 unspecified atom stereocenters. The Bertz CT molecular complexity index is 299. The lowest BCUT2D eigenvalue weighted by Gasteiger charge is -2.36. The largest absolute Gasteiger partial charge is 0.465 e. The fourth-order valence-electron chi connectivity index (χ4n) is 3.03. The third kappa shape index (κ3) is 5.53. The molecule has 0 N–H and O–H groups in total. The first-order valence-electron chi connectivity index (χ1n) is 8.18. The van der Waals surface area contributed by atoms with Crippen molar-refractivity contribution in [3.8, 4) is 6.07 Å². The molecular formula is C17H31NO2. The Morgan fingerprint density at radius 3 is 1.95 bits per heavy atom. The molecule has 0 saturated heterocycles. The number of hydrogen-bond acceptors (Lipinski definition) is 3. The van der Waals surface area contributed by atoms with Crippen molar-refractivity contribution >= 4 is 5.97 Å². The van der Waals surface area contributed by atoms with Crippen molar-refractivity contribution in [2.45, 2.75) is 79.1 Å². The van der Waals surface area contributed by atoms with Gasteiger partial charge in [-0.15, -0.1) is 0 Å². The summed E-state index contributed by atoms with van der Waals surface area (Å²) in [5.74, 6) is -0.934. The van der Waals surface area contributed by atoms with Crippen molar-refractivity contribution in [3.63, 3.8) is 0 Å². The van der Waals surface area contributed by atoms with E-state index in [1.807, 2.05) is 0 Å². The molecule has 0 radical (unpaired) electrons. The van der Waals surface area contributed by atoms with Gasteiger partial charge in [-0.05, 0) is 31.6 Å². The maximum Gasteiger partial charge on any atom is 0.323 e. The van der Waals surface area contributed by atoms with Crippen molar-refractivity contribution in [1.82, 2.24) is 0 Å². The van der Waals surface area contributed by atoms with Crippen LogP contribution in [0.2, 0.25) is 0 Å². The molecule has 0 aromatic heterocycles. The second-order valence-corrected chi connectivity index (χ2v) is 5.63. The van der Waals surface area contributed by atoms with Gasteiger partial charge in [-0.3, -0.25) is 4.79 Å². The van der Waals surface area contributed by atoms with Crippen molar-refractivity contribution in [1.29, 1.82) is 5.26 Å². The second kappa shape index (κ2) is 10.7. The zero-order valence-corrected chi connectivity index (χ0v) is 13.7. The zero-order chi connectivity index (χ0) is 15.4. The van der Waals surface area contributed by atoms with Crippen LogP contribution in [0.15, 0.2) is 0 Å². The van der Waals surface area contributed by atoms with Gasteiger partial charge in [-0.1, -0.05) is 52.9 Å². The summed E-state index contributed by atoms with van der Waals surface area (Å²) in [4.78, 5) is 12.2. The molecule has 0 aliphatic carbocycles. The van der Waals surface area contributed by atoms with Gasteiger partial charge in [0.15, 0.2) is 0 Å². The van der Waals surface area contributed by atoms with Gasteiger partial charge in [0.25, 0.3) is 0 Å². The summed E-state index contributed by atoms with van der Waals surface area (Å²) in [6.45, 7) is 8.59. The minimum atomic E-state index is -0.611. The molecule has 0 aromatic rings. The lowest BCUT2D eigenvalue weighted by Crippen LogP contribution is -2.36. The smallest absolute Gasteiger partial charge is 0.323 e. The Morgan fingerprint density at radius 2 is 1.60 bits per heavy atom. The van der Waals surface area contributed by atoms with Gasteiger partial charge < -0.3 is 4.74 Å². The molecule has 3 heteroatoms. The fourth-order valence-corrected chi connectivity index (χ4v) is 3.03. The van der Waals surface area contributed by atoms with E-state index >= 15 is 0 Å². The molecule has 0 aliphatic heterocycles. The number of nitrogens with zero attached hydrogens (tertiary/aromatic N) is 1. The molecule has 116 valence electrons. The highest BCUT2D eigenvalue weighted by Gasteiger charge is 2.42. The van der Waals surface area contributed by atoms with Crippen molar-refractivity contribution < 1.29 is 9.53 Å². The molecule has 0 aromatic carbocycles. The average Bonchev–Trinajstić information content (AvgIpc) is 2.44. The van der Waals surface area contributed by atoms with Crippen LogP contribution < -0.4 is 0 Å². The van der Waals surface area contributed by atoms with E-state index in [1.54, 1.807) is 6.92 Å². The molecule has 0 aliphatic rings. The van der Waals surface area contributed by atoms with E-state index in [4.69, 9.17) is 4.74 Å². The lowest BCUT2D eigenvalue weighted by atomic mass is 9.66. The third-order valence-electron chi connectivity index (χ3n) is 4.07. The molecule has 0 rings (SSSR count). The van der Waals surface area contributed by atoms with Crippen LogP contribution in [0.25, 0.3) is 0 Å². The van der Waals surface area contributed by atoms with E-state index in [-0.39, 0.29) is 11.4 Å². The quantitative estimate of drug-likeness (QED) is 0.508. The van der Waals surface area contributed by atoms with Crippen LogP contribution in [0.1, 0.15) is 79.1 Å². The van der Waals surface area contributed by atoms with Crippen LogP contribution in [0.5, 0.6) is 0 Å². The monoisotopic (exact) mass is 281 g/mol. The maximum absolute atomic E-state index is 12.2. The molecule has 0 fully saturated rings. The number of nitriles is 1. The Morgan fingerprint density at radius 1 is 1.05 bits per heavy atom. The number of unbranched alkanes of at least 4 members (excludes halogenated alkanes) is 2. The number of hydrogen-bond donors (Lipinski definition) is 0. The minimum absolute atomic E-state index is 0.193. The number of carbonyl (C=O) groups is 1. The number of rotatable bonds is 11. The molecule has 0 bridgehead atoms. The first-order chi connectivity index (χ1) is 9.61. The normalized spacial score (nSPS) is 12.8. The summed E-state index contributed by atoms with van der Waals surface area (Å²) < 4.78 is 5.15.